The molecule has 2 N–H and O–H groups in total. The second-order valence-electron chi connectivity index (χ2n) is 9.80. The highest BCUT2D eigenvalue weighted by atomic mass is 16.5. The van der Waals surface area contributed by atoms with E-state index in [0.717, 1.165) is 24.0 Å². The van der Waals surface area contributed by atoms with Crippen LogP contribution in [0.1, 0.15) is 63.6 Å². The highest BCUT2D eigenvalue weighted by Crippen LogP contribution is 2.40. The van der Waals surface area contributed by atoms with Crippen molar-refractivity contribution in [3.63, 3.8) is 0 Å². The zero-order valence-electron chi connectivity index (χ0n) is 20.5. The number of ether oxygens (including phenoxy) is 1. The van der Waals surface area contributed by atoms with Crippen molar-refractivity contribution in [1.82, 2.24) is 9.80 Å². The molecule has 2 aliphatic heterocycles. The van der Waals surface area contributed by atoms with Gasteiger partial charge in [-0.3, -0.25) is 24.1 Å². The van der Waals surface area contributed by atoms with Gasteiger partial charge in [0.25, 0.3) is 11.8 Å². The van der Waals surface area contributed by atoms with Crippen molar-refractivity contribution in [2.45, 2.75) is 38.1 Å². The molecule has 1 saturated carbocycles. The van der Waals surface area contributed by atoms with Crippen molar-refractivity contribution < 1.29 is 34.1 Å². The van der Waals surface area contributed by atoms with Gasteiger partial charge in [-0.2, -0.15) is 0 Å². The van der Waals surface area contributed by atoms with Gasteiger partial charge in [0.05, 0.1) is 42.2 Å². The summed E-state index contributed by atoms with van der Waals surface area (Å²) in [7, 11) is 0. The number of benzene rings is 2. The van der Waals surface area contributed by atoms with E-state index in [1.54, 1.807) is 41.3 Å². The highest BCUT2D eigenvalue weighted by Gasteiger charge is 2.44. The summed E-state index contributed by atoms with van der Waals surface area (Å²) in [5.74, 6) is -2.84. The first-order valence-corrected chi connectivity index (χ1v) is 12.8. The Morgan fingerprint density at radius 3 is 2.27 bits per heavy atom. The molecule has 2 aromatic carbocycles. The van der Waals surface area contributed by atoms with Crippen molar-refractivity contribution >= 4 is 23.7 Å². The van der Waals surface area contributed by atoms with Gasteiger partial charge in [-0.1, -0.05) is 37.1 Å². The van der Waals surface area contributed by atoms with Gasteiger partial charge in [0.15, 0.2) is 0 Å². The number of aliphatic carboxylic acids is 1. The Labute approximate surface area is 214 Å². The molecule has 3 amide bonds. The second-order valence-corrected chi connectivity index (χ2v) is 9.80. The Morgan fingerprint density at radius 1 is 0.946 bits per heavy atom. The van der Waals surface area contributed by atoms with E-state index in [-0.39, 0.29) is 25.7 Å². The second kappa shape index (κ2) is 10.3. The fraction of sp³-hybridized carbons (Fsp3) is 0.429. The molecule has 37 heavy (non-hydrogen) atoms. The third-order valence-electron chi connectivity index (χ3n) is 7.77. The number of carboxylic acids is 1. The van der Waals surface area contributed by atoms with Gasteiger partial charge in [-0.25, -0.2) is 0 Å². The van der Waals surface area contributed by atoms with Crippen LogP contribution in [-0.2, 0) is 16.0 Å². The van der Waals surface area contributed by atoms with Crippen LogP contribution < -0.4 is 4.74 Å². The van der Waals surface area contributed by atoms with Crippen molar-refractivity contribution in [1.29, 1.82) is 0 Å². The molecule has 0 bridgehead atoms. The normalized spacial score (nSPS) is 23.0. The molecule has 1 aliphatic carbocycles. The first-order chi connectivity index (χ1) is 17.9. The third kappa shape index (κ3) is 4.48. The monoisotopic (exact) mass is 506 g/mol. The van der Waals surface area contributed by atoms with Crippen molar-refractivity contribution in [2.24, 2.45) is 11.8 Å². The molecule has 194 valence electrons. The van der Waals surface area contributed by atoms with Crippen LogP contribution in [0.4, 0.5) is 0 Å². The molecule has 0 unspecified atom stereocenters. The van der Waals surface area contributed by atoms with Crippen LogP contribution in [0, 0.1) is 11.8 Å². The lowest BCUT2D eigenvalue weighted by Gasteiger charge is -2.42. The maximum Gasteiger partial charge on any atom is 0.307 e. The van der Waals surface area contributed by atoms with E-state index in [9.17, 15) is 29.4 Å². The Morgan fingerprint density at radius 2 is 1.62 bits per heavy atom. The summed E-state index contributed by atoms with van der Waals surface area (Å²) in [5, 5.41) is 19.0. The fourth-order valence-electron chi connectivity index (χ4n) is 5.98. The van der Waals surface area contributed by atoms with E-state index < -0.39 is 35.7 Å². The molecule has 3 atom stereocenters. The SMILES string of the molecule is O=C(O)[C@H]1CCCC[C@H]1C(=O)N1CCc2c(OCCO)cccc2[C@H]1CN1C(=O)c2ccccc2C1=O. The van der Waals surface area contributed by atoms with E-state index in [2.05, 4.69) is 0 Å². The van der Waals surface area contributed by atoms with Crippen molar-refractivity contribution in [2.75, 3.05) is 26.3 Å². The van der Waals surface area contributed by atoms with Gasteiger partial charge in [-0.15, -0.1) is 0 Å². The minimum absolute atomic E-state index is 0.0427. The minimum Gasteiger partial charge on any atom is -0.491 e. The van der Waals surface area contributed by atoms with Crippen LogP contribution in [0.2, 0.25) is 0 Å². The number of rotatable bonds is 7. The quantitative estimate of drug-likeness (QED) is 0.553. The van der Waals surface area contributed by atoms with Crippen LogP contribution in [0.25, 0.3) is 0 Å². The van der Waals surface area contributed by atoms with Gasteiger partial charge in [0.1, 0.15) is 12.4 Å². The van der Waals surface area contributed by atoms with Crippen LogP contribution in [-0.4, -0.2) is 70.0 Å². The first kappa shape index (κ1) is 25.0. The van der Waals surface area contributed by atoms with Crippen molar-refractivity contribution in [3.8, 4) is 5.75 Å². The zero-order valence-corrected chi connectivity index (χ0v) is 20.5. The summed E-state index contributed by atoms with van der Waals surface area (Å²) in [6, 6.07) is 11.5. The predicted octanol–water partition coefficient (Wildman–Crippen LogP) is 2.67. The van der Waals surface area contributed by atoms with Crippen molar-refractivity contribution in [3.05, 3.63) is 64.7 Å². The molecule has 0 spiro atoms. The summed E-state index contributed by atoms with van der Waals surface area (Å²) in [6.45, 7) is 0.233. The number of fused-ring (bicyclic) bond motifs is 2. The van der Waals surface area contributed by atoms with E-state index >= 15 is 0 Å². The number of aliphatic hydroxyl groups is 1. The largest absolute Gasteiger partial charge is 0.491 e. The molecule has 9 nitrogen and oxygen atoms in total. The average Bonchev–Trinajstić information content (AvgIpc) is 3.16. The molecule has 0 radical (unpaired) electrons. The molecular formula is C28H30N2O7. The number of carboxylic acid groups (broad SMARTS) is 1. The van der Waals surface area contributed by atoms with Crippen LogP contribution >= 0.6 is 0 Å². The number of carbonyl (C=O) groups excluding carboxylic acids is 3. The lowest BCUT2D eigenvalue weighted by atomic mass is 9.77. The fourth-order valence-corrected chi connectivity index (χ4v) is 5.98. The molecule has 0 aromatic heterocycles. The van der Waals surface area contributed by atoms with Gasteiger partial charge < -0.3 is 19.8 Å². The van der Waals surface area contributed by atoms with E-state index in [1.165, 1.54) is 4.90 Å². The molecule has 5 rings (SSSR count). The molecule has 1 fully saturated rings. The Hall–Kier alpha value is -3.72. The standard InChI is InChI=1S/C28H30N2O7/c31-14-15-37-24-11-5-10-17-18(24)12-13-29(25(32)21-8-3-4-9-22(21)28(35)36)23(17)16-30-26(33)19-6-1-2-7-20(19)27(30)34/h1-2,5-7,10-11,21-23,31H,3-4,8-9,12-16H2,(H,35,36)/t21-,22+,23-/m1/s1. The molecular weight excluding hydrogens is 476 g/mol. The Bertz CT molecular complexity index is 1210. The van der Waals surface area contributed by atoms with Crippen LogP contribution in [0.5, 0.6) is 5.75 Å². The summed E-state index contributed by atoms with van der Waals surface area (Å²) in [6.07, 6.45) is 2.99. The van der Waals surface area contributed by atoms with Gasteiger partial charge >= 0.3 is 5.97 Å². The molecule has 2 aromatic rings. The molecule has 9 heteroatoms. The predicted molar refractivity (Wildman–Crippen MR) is 132 cm³/mol. The summed E-state index contributed by atoms with van der Waals surface area (Å²) < 4.78 is 5.75. The highest BCUT2D eigenvalue weighted by molar-refractivity contribution is 6.21. The third-order valence-corrected chi connectivity index (χ3v) is 7.77. The molecule has 3 aliphatic rings. The Balaban J connectivity index is 1.52. The summed E-state index contributed by atoms with van der Waals surface area (Å²) >= 11 is 0. The number of carbonyl (C=O) groups is 4. The maximum atomic E-state index is 13.9. The molecule has 2 heterocycles. The molecule has 0 saturated heterocycles. The van der Waals surface area contributed by atoms with Gasteiger partial charge in [-0.05, 0) is 43.0 Å². The van der Waals surface area contributed by atoms with E-state index in [1.807, 2.05) is 6.07 Å². The van der Waals surface area contributed by atoms with Gasteiger partial charge in [0, 0.05) is 12.1 Å². The minimum atomic E-state index is -0.966. The topological polar surface area (TPSA) is 124 Å². The zero-order chi connectivity index (χ0) is 26.1. The average molecular weight is 507 g/mol. The summed E-state index contributed by atoms with van der Waals surface area (Å²) in [5.41, 5.74) is 2.29. The summed E-state index contributed by atoms with van der Waals surface area (Å²) in [4.78, 5) is 55.1. The smallest absolute Gasteiger partial charge is 0.307 e. The number of amides is 3. The van der Waals surface area contributed by atoms with Crippen LogP contribution in [0.15, 0.2) is 42.5 Å². The number of hydrogen-bond acceptors (Lipinski definition) is 6. The number of imide groups is 1. The number of aliphatic hydroxyl groups excluding tert-OH is 1. The maximum absolute atomic E-state index is 13.9. The van der Waals surface area contributed by atoms with Crippen LogP contribution in [0.3, 0.4) is 0 Å². The Kier molecular flexibility index (Phi) is 6.97. The lowest BCUT2D eigenvalue weighted by molar-refractivity contribution is -0.153. The lowest BCUT2D eigenvalue weighted by Crippen LogP contribution is -2.50. The van der Waals surface area contributed by atoms with Gasteiger partial charge in [0.2, 0.25) is 5.91 Å². The van der Waals surface area contributed by atoms with E-state index in [4.69, 9.17) is 4.74 Å². The number of nitrogens with zero attached hydrogens (tertiary/aromatic N) is 2. The van der Waals surface area contributed by atoms with E-state index in [0.29, 0.717) is 42.7 Å². The number of hydrogen-bond donors (Lipinski definition) is 2. The first-order valence-electron chi connectivity index (χ1n) is 12.8.